The standard InChI is InChI=1S/C29H27Cl2NO5/c1-5-37-23-12-10-17(13-20(23)29(2,3)4)26(34)24-25(16-9-11-22(33)21(31)14-16)32(28(36)27(24)35)19-8-6-7-18(30)15-19/h6-15,25,33-34H,5H2,1-4H3/b26-24-. The van der Waals surface area contributed by atoms with Gasteiger partial charge in [0.05, 0.1) is 23.2 Å². The summed E-state index contributed by atoms with van der Waals surface area (Å²) in [6, 6.07) is 15.1. The van der Waals surface area contributed by atoms with E-state index in [4.69, 9.17) is 27.9 Å². The third-order valence-electron chi connectivity index (χ3n) is 6.18. The minimum atomic E-state index is -1.01. The summed E-state index contributed by atoms with van der Waals surface area (Å²) in [5.41, 5.74) is 1.60. The van der Waals surface area contributed by atoms with E-state index < -0.39 is 17.7 Å². The predicted octanol–water partition coefficient (Wildman–Crippen LogP) is 7.02. The number of aliphatic hydroxyl groups is 1. The van der Waals surface area contributed by atoms with Crippen molar-refractivity contribution in [1.29, 1.82) is 0 Å². The fourth-order valence-electron chi connectivity index (χ4n) is 4.43. The van der Waals surface area contributed by atoms with Crippen LogP contribution in [0.4, 0.5) is 5.69 Å². The molecule has 4 rings (SSSR count). The van der Waals surface area contributed by atoms with Gasteiger partial charge in [0.1, 0.15) is 17.3 Å². The number of nitrogens with zero attached hydrogens (tertiary/aromatic N) is 1. The molecule has 1 fully saturated rings. The monoisotopic (exact) mass is 539 g/mol. The van der Waals surface area contributed by atoms with E-state index in [9.17, 15) is 19.8 Å². The third-order valence-corrected chi connectivity index (χ3v) is 6.72. The topological polar surface area (TPSA) is 87.1 Å². The maximum Gasteiger partial charge on any atom is 0.300 e. The van der Waals surface area contributed by atoms with Gasteiger partial charge in [-0.3, -0.25) is 14.5 Å². The van der Waals surface area contributed by atoms with Crippen molar-refractivity contribution in [2.45, 2.75) is 39.2 Å². The molecule has 37 heavy (non-hydrogen) atoms. The van der Waals surface area contributed by atoms with Gasteiger partial charge in [-0.15, -0.1) is 0 Å². The average molecular weight is 540 g/mol. The Bertz CT molecular complexity index is 1420. The van der Waals surface area contributed by atoms with Gasteiger partial charge in [-0.1, -0.05) is 56.1 Å². The number of Topliss-reactive ketones (excluding diaryl/α,β-unsaturated/α-hetero) is 1. The Morgan fingerprint density at radius 2 is 1.76 bits per heavy atom. The van der Waals surface area contributed by atoms with E-state index in [1.807, 2.05) is 27.7 Å². The highest BCUT2D eigenvalue weighted by Gasteiger charge is 2.47. The van der Waals surface area contributed by atoms with Crippen molar-refractivity contribution in [2.24, 2.45) is 0 Å². The summed E-state index contributed by atoms with van der Waals surface area (Å²) in [6.07, 6.45) is 0. The maximum atomic E-state index is 13.4. The Balaban J connectivity index is 1.97. The largest absolute Gasteiger partial charge is 0.507 e. The SMILES string of the molecule is CCOc1ccc(/C(O)=C2/C(=O)C(=O)N(c3cccc(Cl)c3)C2c2ccc(O)c(Cl)c2)cc1C(C)(C)C. The molecule has 1 amide bonds. The van der Waals surface area contributed by atoms with Gasteiger partial charge in [-0.25, -0.2) is 0 Å². The number of hydrogen-bond donors (Lipinski definition) is 2. The quantitative estimate of drug-likeness (QED) is 0.206. The lowest BCUT2D eigenvalue weighted by molar-refractivity contribution is -0.132. The van der Waals surface area contributed by atoms with E-state index in [0.717, 1.165) is 5.56 Å². The molecular weight excluding hydrogens is 513 g/mol. The molecule has 0 bridgehead atoms. The number of hydrogen-bond acceptors (Lipinski definition) is 5. The number of rotatable bonds is 5. The number of aliphatic hydroxyl groups excluding tert-OH is 1. The molecular formula is C29H27Cl2NO5. The van der Waals surface area contributed by atoms with E-state index in [1.165, 1.54) is 17.0 Å². The van der Waals surface area contributed by atoms with E-state index in [1.54, 1.807) is 48.5 Å². The van der Waals surface area contributed by atoms with Crippen molar-refractivity contribution in [2.75, 3.05) is 11.5 Å². The lowest BCUT2D eigenvalue weighted by Crippen LogP contribution is -2.29. The van der Waals surface area contributed by atoms with Gasteiger partial charge in [0.2, 0.25) is 0 Å². The summed E-state index contributed by atoms with van der Waals surface area (Å²) < 4.78 is 5.79. The summed E-state index contributed by atoms with van der Waals surface area (Å²) in [6.45, 7) is 8.42. The molecule has 0 aliphatic carbocycles. The van der Waals surface area contributed by atoms with E-state index >= 15 is 0 Å². The number of anilines is 1. The van der Waals surface area contributed by atoms with Gasteiger partial charge in [0.25, 0.3) is 11.7 Å². The first kappa shape index (κ1) is 26.6. The van der Waals surface area contributed by atoms with Crippen LogP contribution in [0.3, 0.4) is 0 Å². The van der Waals surface area contributed by atoms with Gasteiger partial charge in [-0.05, 0) is 66.4 Å². The summed E-state index contributed by atoms with van der Waals surface area (Å²) >= 11 is 12.4. The molecule has 0 saturated carbocycles. The zero-order valence-corrected chi connectivity index (χ0v) is 22.4. The molecule has 1 aliphatic rings. The molecule has 6 nitrogen and oxygen atoms in total. The second kappa shape index (κ2) is 10.1. The molecule has 3 aromatic rings. The van der Waals surface area contributed by atoms with Gasteiger partial charge in [0, 0.05) is 21.8 Å². The molecule has 0 aromatic heterocycles. The summed E-state index contributed by atoms with van der Waals surface area (Å²) in [5.74, 6) is -1.47. The van der Waals surface area contributed by atoms with Crippen LogP contribution in [0.25, 0.3) is 5.76 Å². The predicted molar refractivity (Wildman–Crippen MR) is 146 cm³/mol. The van der Waals surface area contributed by atoms with Gasteiger partial charge < -0.3 is 14.9 Å². The summed E-state index contributed by atoms with van der Waals surface area (Å²) in [4.78, 5) is 28.1. The fourth-order valence-corrected chi connectivity index (χ4v) is 4.81. The van der Waals surface area contributed by atoms with Crippen LogP contribution >= 0.6 is 23.2 Å². The second-order valence-corrected chi connectivity index (χ2v) is 10.6. The lowest BCUT2D eigenvalue weighted by Gasteiger charge is -2.26. The Morgan fingerprint density at radius 3 is 2.38 bits per heavy atom. The van der Waals surface area contributed by atoms with Gasteiger partial charge in [0.15, 0.2) is 0 Å². The highest BCUT2D eigenvalue weighted by Crippen LogP contribution is 2.44. The Hall–Kier alpha value is -3.48. The number of benzene rings is 3. The Kier molecular flexibility index (Phi) is 7.27. The number of phenols is 1. The van der Waals surface area contributed by atoms with Crippen LogP contribution in [-0.4, -0.2) is 28.5 Å². The fraction of sp³-hybridized carbons (Fsp3) is 0.241. The highest BCUT2D eigenvalue weighted by molar-refractivity contribution is 6.52. The number of carbonyl (C=O) groups excluding carboxylic acids is 2. The van der Waals surface area contributed by atoms with Crippen molar-refractivity contribution < 1.29 is 24.5 Å². The molecule has 0 radical (unpaired) electrons. The first-order chi connectivity index (χ1) is 17.4. The molecule has 3 aromatic carbocycles. The number of halogens is 2. The zero-order valence-electron chi connectivity index (χ0n) is 20.9. The number of ether oxygens (including phenoxy) is 1. The van der Waals surface area contributed by atoms with E-state index in [2.05, 4.69) is 0 Å². The maximum absolute atomic E-state index is 13.4. The van der Waals surface area contributed by atoms with Crippen molar-refractivity contribution >= 4 is 46.3 Å². The van der Waals surface area contributed by atoms with Gasteiger partial charge >= 0.3 is 0 Å². The molecule has 1 atom stereocenters. The first-order valence-corrected chi connectivity index (χ1v) is 12.5. The minimum absolute atomic E-state index is 0.0465. The highest BCUT2D eigenvalue weighted by atomic mass is 35.5. The molecule has 1 aliphatic heterocycles. The van der Waals surface area contributed by atoms with Crippen molar-refractivity contribution in [3.63, 3.8) is 0 Å². The zero-order chi connectivity index (χ0) is 27.1. The van der Waals surface area contributed by atoms with Crippen LogP contribution in [0.15, 0.2) is 66.2 Å². The van der Waals surface area contributed by atoms with Crippen LogP contribution in [0, 0.1) is 0 Å². The smallest absolute Gasteiger partial charge is 0.300 e. The molecule has 8 heteroatoms. The number of ketones is 1. The Morgan fingerprint density at radius 1 is 1.03 bits per heavy atom. The van der Waals surface area contributed by atoms with Gasteiger partial charge in [-0.2, -0.15) is 0 Å². The van der Waals surface area contributed by atoms with Crippen LogP contribution in [0.2, 0.25) is 10.0 Å². The molecule has 192 valence electrons. The van der Waals surface area contributed by atoms with Crippen LogP contribution in [0.1, 0.15) is 50.4 Å². The van der Waals surface area contributed by atoms with E-state index in [-0.39, 0.29) is 27.5 Å². The molecule has 1 heterocycles. The van der Waals surface area contributed by atoms with Crippen LogP contribution in [-0.2, 0) is 15.0 Å². The minimum Gasteiger partial charge on any atom is -0.507 e. The molecule has 1 unspecified atom stereocenters. The van der Waals surface area contributed by atoms with Crippen molar-refractivity contribution in [3.8, 4) is 11.5 Å². The third kappa shape index (κ3) is 5.04. The Labute approximate surface area is 225 Å². The van der Waals surface area contributed by atoms with Crippen LogP contribution in [0.5, 0.6) is 11.5 Å². The molecule has 0 spiro atoms. The number of amides is 1. The summed E-state index contributed by atoms with van der Waals surface area (Å²) in [7, 11) is 0. The molecule has 1 saturated heterocycles. The van der Waals surface area contributed by atoms with Crippen molar-refractivity contribution in [1.82, 2.24) is 0 Å². The van der Waals surface area contributed by atoms with E-state index in [0.29, 0.717) is 34.2 Å². The van der Waals surface area contributed by atoms with Crippen LogP contribution < -0.4 is 9.64 Å². The normalized spacial score (nSPS) is 17.4. The first-order valence-electron chi connectivity index (χ1n) is 11.8. The average Bonchev–Trinajstić information content (AvgIpc) is 3.10. The number of aromatic hydroxyl groups is 1. The molecule has 2 N–H and O–H groups in total. The van der Waals surface area contributed by atoms with Crippen molar-refractivity contribution in [3.05, 3.63) is 93.0 Å². The number of carbonyl (C=O) groups is 2. The lowest BCUT2D eigenvalue weighted by atomic mass is 9.84. The number of phenolic OH excluding ortho intramolecular Hbond substituents is 1. The second-order valence-electron chi connectivity index (χ2n) is 9.75. The summed E-state index contributed by atoms with van der Waals surface area (Å²) in [5, 5.41) is 21.9.